The van der Waals surface area contributed by atoms with Gasteiger partial charge in [-0.05, 0) is 30.5 Å². The fourth-order valence-corrected chi connectivity index (χ4v) is 4.41. The van der Waals surface area contributed by atoms with Crippen molar-refractivity contribution in [2.45, 2.75) is 11.4 Å². The number of thioether (sulfide) groups is 1. The molecule has 0 saturated carbocycles. The first-order chi connectivity index (χ1) is 12.8. The van der Waals surface area contributed by atoms with Crippen LogP contribution < -0.4 is 14.5 Å². The highest BCUT2D eigenvalue weighted by atomic mass is 32.2. The summed E-state index contributed by atoms with van der Waals surface area (Å²) < 4.78 is 27.7. The molecule has 6 nitrogen and oxygen atoms in total. The molecule has 0 amide bonds. The number of amidine groups is 1. The fraction of sp³-hybridized carbons (Fsp3) is 0.316. The molecule has 2 rings (SSSR count). The van der Waals surface area contributed by atoms with Gasteiger partial charge in [0.15, 0.2) is 5.17 Å². The van der Waals surface area contributed by atoms with Crippen molar-refractivity contribution in [3.8, 4) is 0 Å². The van der Waals surface area contributed by atoms with Crippen LogP contribution in [0.3, 0.4) is 0 Å². The molecule has 2 aromatic carbocycles. The second kappa shape index (κ2) is 9.14. The molecule has 0 unspecified atom stereocenters. The summed E-state index contributed by atoms with van der Waals surface area (Å²) in [6, 6.07) is 14.4. The van der Waals surface area contributed by atoms with Gasteiger partial charge in [0.1, 0.15) is 0 Å². The fourth-order valence-electron chi connectivity index (χ4n) is 2.63. The van der Waals surface area contributed by atoms with E-state index in [9.17, 15) is 8.42 Å². The second-order valence-corrected chi connectivity index (χ2v) is 8.79. The topological polar surface area (TPSA) is 65.0 Å². The third-order valence-corrected chi connectivity index (χ3v) is 6.04. The van der Waals surface area contributed by atoms with Crippen molar-refractivity contribution in [3.63, 3.8) is 0 Å². The van der Waals surface area contributed by atoms with Gasteiger partial charge in [0, 0.05) is 45.1 Å². The Morgan fingerprint density at radius 1 is 0.963 bits per heavy atom. The summed E-state index contributed by atoms with van der Waals surface area (Å²) in [5, 5.41) is 0.358. The van der Waals surface area contributed by atoms with E-state index in [4.69, 9.17) is 0 Å². The highest BCUT2D eigenvalue weighted by molar-refractivity contribution is 8.14. The molecule has 146 valence electrons. The van der Waals surface area contributed by atoms with Gasteiger partial charge >= 0.3 is 0 Å². The standard InChI is InChI=1S/C19H26N4O2S2/c1-22(2)17-12-9-13-18(23(3)4)16(17)14-20-19(26-5)21-27(24,25)15-10-7-6-8-11-15/h6-13H,14H2,1-5H3,(H,20,21). The van der Waals surface area contributed by atoms with E-state index >= 15 is 0 Å². The maximum atomic E-state index is 12.5. The molecule has 8 heteroatoms. The predicted molar refractivity (Wildman–Crippen MR) is 117 cm³/mol. The van der Waals surface area contributed by atoms with Crippen molar-refractivity contribution < 1.29 is 8.42 Å². The molecule has 0 atom stereocenters. The lowest BCUT2D eigenvalue weighted by Gasteiger charge is -2.23. The van der Waals surface area contributed by atoms with E-state index < -0.39 is 10.0 Å². The third kappa shape index (κ3) is 5.40. The number of sulfonamides is 1. The molecular formula is C19H26N4O2S2. The van der Waals surface area contributed by atoms with Gasteiger partial charge in [0.25, 0.3) is 10.0 Å². The number of aliphatic imine (C=N–C) groups is 1. The Labute approximate surface area is 166 Å². The molecule has 0 spiro atoms. The summed E-state index contributed by atoms with van der Waals surface area (Å²) in [6.45, 7) is 0.370. The Bertz CT molecular complexity index is 869. The van der Waals surface area contributed by atoms with Gasteiger partial charge in [-0.25, -0.2) is 8.42 Å². The van der Waals surface area contributed by atoms with Crippen molar-refractivity contribution in [1.82, 2.24) is 4.72 Å². The van der Waals surface area contributed by atoms with Crippen molar-refractivity contribution >= 4 is 38.3 Å². The largest absolute Gasteiger partial charge is 0.377 e. The summed E-state index contributed by atoms with van der Waals surface area (Å²) in [7, 11) is 4.28. The lowest BCUT2D eigenvalue weighted by molar-refractivity contribution is 0.593. The quantitative estimate of drug-likeness (QED) is 0.590. The minimum atomic E-state index is -3.65. The van der Waals surface area contributed by atoms with Gasteiger partial charge in [-0.3, -0.25) is 9.71 Å². The van der Waals surface area contributed by atoms with E-state index in [0.717, 1.165) is 16.9 Å². The van der Waals surface area contributed by atoms with Gasteiger partial charge in [-0.1, -0.05) is 36.0 Å². The van der Waals surface area contributed by atoms with Crippen LogP contribution in [0.25, 0.3) is 0 Å². The molecule has 0 aliphatic rings. The molecule has 0 heterocycles. The van der Waals surface area contributed by atoms with E-state index in [0.29, 0.717) is 11.7 Å². The Hall–Kier alpha value is -2.19. The molecule has 1 N–H and O–H groups in total. The minimum absolute atomic E-state index is 0.217. The first kappa shape index (κ1) is 21.1. The number of rotatable bonds is 6. The number of nitrogens with one attached hydrogen (secondary N) is 1. The SMILES string of the molecule is CSC(=NCc1c(N(C)C)cccc1N(C)C)NS(=O)(=O)c1ccccc1. The van der Waals surface area contributed by atoms with Crippen molar-refractivity contribution in [2.75, 3.05) is 44.2 Å². The zero-order chi connectivity index (χ0) is 20.0. The summed E-state index contributed by atoms with van der Waals surface area (Å²) in [6.07, 6.45) is 1.80. The molecule has 0 bridgehead atoms. The van der Waals surface area contributed by atoms with Crippen LogP contribution >= 0.6 is 11.8 Å². The van der Waals surface area contributed by atoms with E-state index in [1.54, 1.807) is 36.6 Å². The molecule has 0 aliphatic carbocycles. The molecule has 0 radical (unpaired) electrons. The molecule has 0 saturated heterocycles. The monoisotopic (exact) mass is 406 g/mol. The van der Waals surface area contributed by atoms with E-state index in [-0.39, 0.29) is 4.90 Å². The number of hydrogen-bond acceptors (Lipinski definition) is 6. The zero-order valence-corrected chi connectivity index (χ0v) is 17.9. The summed E-state index contributed by atoms with van der Waals surface area (Å²) in [5.41, 5.74) is 3.14. The molecule has 2 aromatic rings. The number of hydrogen-bond donors (Lipinski definition) is 1. The normalized spacial score (nSPS) is 12.0. The molecule has 0 fully saturated rings. The lowest BCUT2D eigenvalue weighted by atomic mass is 10.1. The molecule has 0 aromatic heterocycles. The highest BCUT2D eigenvalue weighted by Gasteiger charge is 2.16. The smallest absolute Gasteiger partial charge is 0.263 e. The Morgan fingerprint density at radius 3 is 2.00 bits per heavy atom. The first-order valence-electron chi connectivity index (χ1n) is 8.39. The maximum Gasteiger partial charge on any atom is 0.263 e. The van der Waals surface area contributed by atoms with Crippen LogP contribution in [0.2, 0.25) is 0 Å². The Kier molecular flexibility index (Phi) is 7.15. The number of anilines is 2. The lowest BCUT2D eigenvalue weighted by Crippen LogP contribution is -2.28. The zero-order valence-electron chi connectivity index (χ0n) is 16.3. The van der Waals surface area contributed by atoms with Crippen LogP contribution in [0.15, 0.2) is 58.4 Å². The van der Waals surface area contributed by atoms with Crippen LogP contribution in [-0.2, 0) is 16.6 Å². The van der Waals surface area contributed by atoms with Gasteiger partial charge in [-0.2, -0.15) is 0 Å². The minimum Gasteiger partial charge on any atom is -0.377 e. The molecular weight excluding hydrogens is 380 g/mol. The van der Waals surface area contributed by atoms with Crippen molar-refractivity contribution in [1.29, 1.82) is 0 Å². The predicted octanol–water partition coefficient (Wildman–Crippen LogP) is 3.02. The van der Waals surface area contributed by atoms with Crippen LogP contribution in [-0.4, -0.2) is 48.0 Å². The highest BCUT2D eigenvalue weighted by Crippen LogP contribution is 2.29. The summed E-state index contributed by atoms with van der Waals surface area (Å²) in [5.74, 6) is 0. The van der Waals surface area contributed by atoms with E-state index in [1.807, 2.05) is 56.2 Å². The Morgan fingerprint density at radius 2 is 1.52 bits per heavy atom. The van der Waals surface area contributed by atoms with Gasteiger partial charge in [-0.15, -0.1) is 0 Å². The van der Waals surface area contributed by atoms with E-state index in [1.165, 1.54) is 11.8 Å². The van der Waals surface area contributed by atoms with Crippen LogP contribution in [0.5, 0.6) is 0 Å². The van der Waals surface area contributed by atoms with Gasteiger partial charge in [0.2, 0.25) is 0 Å². The van der Waals surface area contributed by atoms with E-state index in [2.05, 4.69) is 9.71 Å². The second-order valence-electron chi connectivity index (χ2n) is 6.31. The summed E-state index contributed by atoms with van der Waals surface area (Å²) >= 11 is 1.27. The van der Waals surface area contributed by atoms with Crippen molar-refractivity contribution in [2.24, 2.45) is 4.99 Å². The summed E-state index contributed by atoms with van der Waals surface area (Å²) in [4.78, 5) is 8.83. The van der Waals surface area contributed by atoms with Crippen LogP contribution in [0.1, 0.15) is 5.56 Å². The van der Waals surface area contributed by atoms with Crippen molar-refractivity contribution in [3.05, 3.63) is 54.1 Å². The number of benzene rings is 2. The average Bonchev–Trinajstić information content (AvgIpc) is 2.65. The van der Waals surface area contributed by atoms with Gasteiger partial charge < -0.3 is 9.80 Å². The van der Waals surface area contributed by atoms with Gasteiger partial charge in [0.05, 0.1) is 11.4 Å². The molecule has 0 aliphatic heterocycles. The molecule has 27 heavy (non-hydrogen) atoms. The maximum absolute atomic E-state index is 12.5. The van der Waals surface area contributed by atoms with Crippen LogP contribution in [0.4, 0.5) is 11.4 Å². The third-order valence-electron chi connectivity index (χ3n) is 3.94. The average molecular weight is 407 g/mol. The van der Waals surface area contributed by atoms with Crippen LogP contribution in [0, 0.1) is 0 Å². The first-order valence-corrected chi connectivity index (χ1v) is 11.1. The Balaban J connectivity index is 2.33. The number of nitrogens with zero attached hydrogens (tertiary/aromatic N) is 3.